The molecule has 1 N–H and O–H groups in total. The molecule has 0 spiro atoms. The van der Waals surface area contributed by atoms with Crippen LogP contribution in [-0.4, -0.2) is 18.3 Å². The van der Waals surface area contributed by atoms with E-state index in [1.165, 1.54) is 38.5 Å². The molecule has 120 valence electrons. The molecule has 1 aromatic carbocycles. The third-order valence-corrected chi connectivity index (χ3v) is 4.83. The van der Waals surface area contributed by atoms with Gasteiger partial charge < -0.3 is 5.32 Å². The van der Waals surface area contributed by atoms with Crippen molar-refractivity contribution in [2.75, 3.05) is 12.3 Å². The highest BCUT2D eigenvalue weighted by atomic mass is 32.2. The van der Waals surface area contributed by atoms with Crippen LogP contribution in [0.25, 0.3) is 0 Å². The Morgan fingerprint density at radius 1 is 1.05 bits per heavy atom. The molecule has 1 unspecified atom stereocenters. The van der Waals surface area contributed by atoms with Gasteiger partial charge in [0.05, 0.1) is 0 Å². The molecule has 0 saturated carbocycles. The van der Waals surface area contributed by atoms with Gasteiger partial charge in [-0.05, 0) is 31.5 Å². The van der Waals surface area contributed by atoms with Gasteiger partial charge in [0, 0.05) is 16.7 Å². The molecule has 1 atom stereocenters. The Labute approximate surface area is 134 Å². The van der Waals surface area contributed by atoms with Crippen molar-refractivity contribution in [1.29, 1.82) is 0 Å². The van der Waals surface area contributed by atoms with E-state index in [2.05, 4.69) is 19.2 Å². The van der Waals surface area contributed by atoms with Gasteiger partial charge in [-0.3, -0.25) is 0 Å². The summed E-state index contributed by atoms with van der Waals surface area (Å²) in [7, 11) is 0. The van der Waals surface area contributed by atoms with Crippen LogP contribution in [0.3, 0.4) is 0 Å². The predicted molar refractivity (Wildman–Crippen MR) is 92.6 cm³/mol. The third kappa shape index (κ3) is 8.47. The smallest absolute Gasteiger partial charge is 0.136 e. The molecule has 21 heavy (non-hydrogen) atoms. The number of halogens is 1. The summed E-state index contributed by atoms with van der Waals surface area (Å²) in [6.45, 7) is 5.49. The molecule has 0 aliphatic rings. The first kappa shape index (κ1) is 18.5. The average Bonchev–Trinajstić information content (AvgIpc) is 2.50. The summed E-state index contributed by atoms with van der Waals surface area (Å²) in [6, 6.07) is 7.57. The minimum atomic E-state index is -0.0975. The van der Waals surface area contributed by atoms with Gasteiger partial charge in [0.2, 0.25) is 0 Å². The highest BCUT2D eigenvalue weighted by molar-refractivity contribution is 7.99. The lowest BCUT2D eigenvalue weighted by Crippen LogP contribution is -2.32. The van der Waals surface area contributed by atoms with Crippen molar-refractivity contribution in [1.82, 2.24) is 5.32 Å². The zero-order chi connectivity index (χ0) is 15.3. The van der Waals surface area contributed by atoms with Crippen LogP contribution in [0.5, 0.6) is 0 Å². The Kier molecular flexibility index (Phi) is 10.6. The number of benzene rings is 1. The molecule has 0 heterocycles. The van der Waals surface area contributed by atoms with E-state index in [1.807, 2.05) is 12.1 Å². The Morgan fingerprint density at radius 3 is 2.52 bits per heavy atom. The molecule has 3 heteroatoms. The number of nitrogens with one attached hydrogen (secondary N) is 1. The molecular formula is C18H30FNS. The van der Waals surface area contributed by atoms with Crippen LogP contribution in [0, 0.1) is 5.82 Å². The lowest BCUT2D eigenvalue weighted by Gasteiger charge is -2.18. The maximum absolute atomic E-state index is 13.6. The van der Waals surface area contributed by atoms with E-state index in [9.17, 15) is 4.39 Å². The molecule has 0 aliphatic carbocycles. The fraction of sp³-hybridized carbons (Fsp3) is 0.667. The second kappa shape index (κ2) is 12.0. The minimum Gasteiger partial charge on any atom is -0.313 e. The second-order valence-electron chi connectivity index (χ2n) is 5.60. The zero-order valence-corrected chi connectivity index (χ0v) is 14.4. The molecular weight excluding hydrogens is 281 g/mol. The molecule has 0 aromatic heterocycles. The normalized spacial score (nSPS) is 12.5. The minimum absolute atomic E-state index is 0.0975. The summed E-state index contributed by atoms with van der Waals surface area (Å²) in [6.07, 6.45) is 8.93. The molecule has 1 nitrogen and oxygen atoms in total. The SMILES string of the molecule is CCCCCCCC(CSc1ccccc1F)NCCC. The van der Waals surface area contributed by atoms with Crippen LogP contribution in [0.15, 0.2) is 29.2 Å². The summed E-state index contributed by atoms with van der Waals surface area (Å²) in [5.41, 5.74) is 0. The van der Waals surface area contributed by atoms with Gasteiger partial charge in [-0.1, -0.05) is 58.1 Å². The molecule has 1 aromatic rings. The average molecular weight is 312 g/mol. The quantitative estimate of drug-likeness (QED) is 0.395. The van der Waals surface area contributed by atoms with Crippen molar-refractivity contribution in [2.24, 2.45) is 0 Å². The van der Waals surface area contributed by atoms with Crippen LogP contribution in [0.4, 0.5) is 4.39 Å². The molecule has 0 fully saturated rings. The summed E-state index contributed by atoms with van der Waals surface area (Å²) < 4.78 is 13.6. The van der Waals surface area contributed by atoms with Crippen molar-refractivity contribution >= 4 is 11.8 Å². The Balaban J connectivity index is 2.33. The molecule has 0 aliphatic heterocycles. The number of thioether (sulfide) groups is 1. The molecule has 1 rings (SSSR count). The first-order valence-corrected chi connectivity index (χ1v) is 9.37. The van der Waals surface area contributed by atoms with E-state index >= 15 is 0 Å². The van der Waals surface area contributed by atoms with E-state index in [0.717, 1.165) is 23.6 Å². The molecule has 0 amide bonds. The highest BCUT2D eigenvalue weighted by Crippen LogP contribution is 2.23. The Hall–Kier alpha value is -0.540. The van der Waals surface area contributed by atoms with E-state index in [4.69, 9.17) is 0 Å². The summed E-state index contributed by atoms with van der Waals surface area (Å²) in [5, 5.41) is 3.61. The van der Waals surface area contributed by atoms with Gasteiger partial charge in [-0.2, -0.15) is 0 Å². The van der Waals surface area contributed by atoms with E-state index in [-0.39, 0.29) is 5.82 Å². The van der Waals surface area contributed by atoms with Crippen LogP contribution in [0.1, 0.15) is 58.8 Å². The third-order valence-electron chi connectivity index (χ3n) is 3.62. The van der Waals surface area contributed by atoms with Gasteiger partial charge in [-0.25, -0.2) is 4.39 Å². The fourth-order valence-electron chi connectivity index (χ4n) is 2.34. The van der Waals surface area contributed by atoms with E-state index < -0.39 is 0 Å². The first-order valence-electron chi connectivity index (χ1n) is 8.38. The first-order chi connectivity index (χ1) is 10.3. The maximum Gasteiger partial charge on any atom is 0.136 e. The zero-order valence-electron chi connectivity index (χ0n) is 13.5. The topological polar surface area (TPSA) is 12.0 Å². The number of hydrogen-bond acceptors (Lipinski definition) is 2. The van der Waals surface area contributed by atoms with Crippen LogP contribution in [-0.2, 0) is 0 Å². The van der Waals surface area contributed by atoms with Gasteiger partial charge in [0.15, 0.2) is 0 Å². The summed E-state index contributed by atoms with van der Waals surface area (Å²) in [4.78, 5) is 0.770. The van der Waals surface area contributed by atoms with Crippen LogP contribution < -0.4 is 5.32 Å². The standard InChI is InChI=1S/C18H30FNS/c1-3-5-6-7-8-11-16(20-14-4-2)15-21-18-13-10-9-12-17(18)19/h9-10,12-13,16,20H,3-8,11,14-15H2,1-2H3. The van der Waals surface area contributed by atoms with Gasteiger partial charge in [-0.15, -0.1) is 11.8 Å². The predicted octanol–water partition coefficient (Wildman–Crippen LogP) is 5.65. The number of unbranched alkanes of at least 4 members (excludes halogenated alkanes) is 4. The van der Waals surface area contributed by atoms with E-state index in [0.29, 0.717) is 6.04 Å². The largest absolute Gasteiger partial charge is 0.313 e. The number of hydrogen-bond donors (Lipinski definition) is 1. The Morgan fingerprint density at radius 2 is 1.81 bits per heavy atom. The molecule has 0 radical (unpaired) electrons. The van der Waals surface area contributed by atoms with Crippen molar-refractivity contribution in [3.05, 3.63) is 30.1 Å². The van der Waals surface area contributed by atoms with Crippen molar-refractivity contribution in [3.63, 3.8) is 0 Å². The van der Waals surface area contributed by atoms with Gasteiger partial charge in [0.1, 0.15) is 5.82 Å². The fourth-order valence-corrected chi connectivity index (χ4v) is 3.39. The second-order valence-corrected chi connectivity index (χ2v) is 6.66. The molecule has 0 bridgehead atoms. The Bertz CT molecular complexity index is 370. The summed E-state index contributed by atoms with van der Waals surface area (Å²) >= 11 is 1.64. The highest BCUT2D eigenvalue weighted by Gasteiger charge is 2.10. The lowest BCUT2D eigenvalue weighted by atomic mass is 10.1. The van der Waals surface area contributed by atoms with Gasteiger partial charge >= 0.3 is 0 Å². The van der Waals surface area contributed by atoms with Crippen molar-refractivity contribution in [3.8, 4) is 0 Å². The van der Waals surface area contributed by atoms with Crippen molar-refractivity contribution in [2.45, 2.75) is 69.7 Å². The van der Waals surface area contributed by atoms with Crippen molar-refractivity contribution < 1.29 is 4.39 Å². The van der Waals surface area contributed by atoms with E-state index in [1.54, 1.807) is 23.9 Å². The maximum atomic E-state index is 13.6. The van der Waals surface area contributed by atoms with Gasteiger partial charge in [0.25, 0.3) is 0 Å². The number of rotatable bonds is 12. The van der Waals surface area contributed by atoms with Crippen LogP contribution >= 0.6 is 11.8 Å². The summed E-state index contributed by atoms with van der Waals surface area (Å²) in [5.74, 6) is 0.856. The monoisotopic (exact) mass is 311 g/mol. The lowest BCUT2D eigenvalue weighted by molar-refractivity contribution is 0.485. The molecule has 0 saturated heterocycles. The van der Waals surface area contributed by atoms with Crippen LogP contribution in [0.2, 0.25) is 0 Å².